The van der Waals surface area contributed by atoms with E-state index in [-0.39, 0.29) is 11.6 Å². The van der Waals surface area contributed by atoms with Gasteiger partial charge in [0.1, 0.15) is 11.6 Å². The van der Waals surface area contributed by atoms with Crippen LogP contribution in [0.3, 0.4) is 0 Å². The van der Waals surface area contributed by atoms with Crippen LogP contribution in [0, 0.1) is 11.3 Å². The van der Waals surface area contributed by atoms with E-state index in [1.54, 1.807) is 0 Å². The Labute approximate surface area is 96.2 Å². The van der Waals surface area contributed by atoms with Crippen LogP contribution in [0.4, 0.5) is 0 Å². The summed E-state index contributed by atoms with van der Waals surface area (Å²) in [5, 5.41) is 8.67. The molecule has 3 nitrogen and oxygen atoms in total. The molecule has 1 aromatic heterocycles. The largest absolute Gasteiger partial charge is 0.480 e. The SMILES string of the molecule is COc1nc(C(Cl)(Cl)Cl)ccc1C#N. The quantitative estimate of drug-likeness (QED) is 0.721. The van der Waals surface area contributed by atoms with E-state index in [4.69, 9.17) is 44.8 Å². The Morgan fingerprint density at radius 1 is 1.43 bits per heavy atom. The van der Waals surface area contributed by atoms with E-state index in [1.165, 1.54) is 19.2 Å². The van der Waals surface area contributed by atoms with Crippen molar-refractivity contribution >= 4 is 34.8 Å². The highest BCUT2D eigenvalue weighted by Crippen LogP contribution is 2.37. The first-order chi connectivity index (χ1) is 6.49. The highest BCUT2D eigenvalue weighted by atomic mass is 35.6. The number of pyridine rings is 1. The van der Waals surface area contributed by atoms with E-state index in [0.29, 0.717) is 5.56 Å². The average molecular weight is 252 g/mol. The van der Waals surface area contributed by atoms with Gasteiger partial charge in [-0.1, -0.05) is 34.8 Å². The van der Waals surface area contributed by atoms with Crippen molar-refractivity contribution in [1.82, 2.24) is 4.98 Å². The summed E-state index contributed by atoms with van der Waals surface area (Å²) in [4.78, 5) is 3.89. The van der Waals surface area contributed by atoms with Gasteiger partial charge >= 0.3 is 0 Å². The summed E-state index contributed by atoms with van der Waals surface area (Å²) in [6.45, 7) is 0. The molecule has 0 spiro atoms. The fourth-order valence-electron chi connectivity index (χ4n) is 0.839. The zero-order chi connectivity index (χ0) is 10.8. The van der Waals surface area contributed by atoms with Crippen LogP contribution in [0.1, 0.15) is 11.3 Å². The molecule has 0 amide bonds. The molecule has 1 heterocycles. The van der Waals surface area contributed by atoms with E-state index < -0.39 is 3.79 Å². The van der Waals surface area contributed by atoms with Crippen LogP contribution in [0.25, 0.3) is 0 Å². The van der Waals surface area contributed by atoms with Crippen molar-refractivity contribution < 1.29 is 4.74 Å². The molecule has 0 aliphatic heterocycles. The second-order valence-corrected chi connectivity index (χ2v) is 4.64. The van der Waals surface area contributed by atoms with Gasteiger partial charge in [0.25, 0.3) is 0 Å². The molecule has 1 aromatic rings. The van der Waals surface area contributed by atoms with Crippen LogP contribution >= 0.6 is 34.8 Å². The molecule has 0 aromatic carbocycles. The Bertz CT molecular complexity index is 381. The van der Waals surface area contributed by atoms with Gasteiger partial charge < -0.3 is 4.74 Å². The molecule has 0 radical (unpaired) electrons. The number of ether oxygens (including phenoxy) is 1. The van der Waals surface area contributed by atoms with Gasteiger partial charge in [-0.3, -0.25) is 0 Å². The van der Waals surface area contributed by atoms with E-state index in [1.807, 2.05) is 6.07 Å². The average Bonchev–Trinajstić information content (AvgIpc) is 2.15. The number of nitrogens with zero attached hydrogens (tertiary/aromatic N) is 2. The van der Waals surface area contributed by atoms with Crippen molar-refractivity contribution in [2.24, 2.45) is 0 Å². The lowest BCUT2D eigenvalue weighted by Gasteiger charge is -2.11. The minimum Gasteiger partial charge on any atom is -0.480 e. The molecule has 0 bridgehead atoms. The van der Waals surface area contributed by atoms with Gasteiger partial charge in [0.2, 0.25) is 9.67 Å². The fourth-order valence-corrected chi connectivity index (χ4v) is 1.15. The molecule has 14 heavy (non-hydrogen) atoms. The van der Waals surface area contributed by atoms with Crippen LogP contribution < -0.4 is 4.74 Å². The van der Waals surface area contributed by atoms with Gasteiger partial charge in [0.05, 0.1) is 12.8 Å². The predicted octanol–water partition coefficient (Wildman–Crippen LogP) is 2.79. The van der Waals surface area contributed by atoms with Gasteiger partial charge in [-0.05, 0) is 12.1 Å². The Morgan fingerprint density at radius 3 is 2.50 bits per heavy atom. The number of rotatable bonds is 1. The molecule has 0 aliphatic carbocycles. The van der Waals surface area contributed by atoms with Gasteiger partial charge in [-0.15, -0.1) is 0 Å². The maximum absolute atomic E-state index is 8.67. The van der Waals surface area contributed by atoms with Crippen LogP contribution in [0.5, 0.6) is 5.88 Å². The predicted molar refractivity (Wildman–Crippen MR) is 54.7 cm³/mol. The maximum atomic E-state index is 8.67. The van der Waals surface area contributed by atoms with Gasteiger partial charge in [0.15, 0.2) is 0 Å². The van der Waals surface area contributed by atoms with E-state index in [0.717, 1.165) is 0 Å². The minimum absolute atomic E-state index is 0.149. The van der Waals surface area contributed by atoms with Crippen molar-refractivity contribution in [3.8, 4) is 11.9 Å². The molecular weight excluding hydrogens is 246 g/mol. The fraction of sp³-hybridized carbons (Fsp3) is 0.250. The monoisotopic (exact) mass is 250 g/mol. The summed E-state index contributed by atoms with van der Waals surface area (Å²) in [5.41, 5.74) is 0.517. The topological polar surface area (TPSA) is 45.9 Å². The van der Waals surface area contributed by atoms with E-state index in [2.05, 4.69) is 4.98 Å². The second kappa shape index (κ2) is 4.22. The van der Waals surface area contributed by atoms with Crippen LogP contribution in [0.2, 0.25) is 0 Å². The first-order valence-electron chi connectivity index (χ1n) is 3.51. The van der Waals surface area contributed by atoms with Crippen LogP contribution in [0.15, 0.2) is 12.1 Å². The smallest absolute Gasteiger partial charge is 0.232 e. The zero-order valence-corrected chi connectivity index (χ0v) is 9.36. The minimum atomic E-state index is -1.61. The normalized spacial score (nSPS) is 10.8. The number of methoxy groups -OCH3 is 1. The highest BCUT2D eigenvalue weighted by molar-refractivity contribution is 6.66. The van der Waals surface area contributed by atoms with Crippen molar-refractivity contribution in [1.29, 1.82) is 5.26 Å². The first kappa shape index (κ1) is 11.4. The summed E-state index contributed by atoms with van der Waals surface area (Å²) < 4.78 is 3.25. The third kappa shape index (κ3) is 2.42. The third-order valence-electron chi connectivity index (χ3n) is 1.46. The lowest BCUT2D eigenvalue weighted by Crippen LogP contribution is -2.05. The summed E-state index contributed by atoms with van der Waals surface area (Å²) in [6, 6.07) is 4.86. The summed E-state index contributed by atoms with van der Waals surface area (Å²) in [7, 11) is 1.39. The number of hydrogen-bond donors (Lipinski definition) is 0. The number of nitriles is 1. The summed E-state index contributed by atoms with van der Waals surface area (Å²) in [6.07, 6.45) is 0. The Morgan fingerprint density at radius 2 is 2.07 bits per heavy atom. The van der Waals surface area contributed by atoms with Crippen molar-refractivity contribution in [3.63, 3.8) is 0 Å². The van der Waals surface area contributed by atoms with Gasteiger partial charge in [-0.25, -0.2) is 4.98 Å². The summed E-state index contributed by atoms with van der Waals surface area (Å²) in [5.74, 6) is 0.149. The van der Waals surface area contributed by atoms with Gasteiger partial charge in [-0.2, -0.15) is 5.26 Å². The molecule has 0 atom stereocenters. The maximum Gasteiger partial charge on any atom is 0.232 e. The van der Waals surface area contributed by atoms with Crippen molar-refractivity contribution in [2.45, 2.75) is 3.79 Å². The second-order valence-electron chi connectivity index (χ2n) is 2.36. The van der Waals surface area contributed by atoms with Crippen molar-refractivity contribution in [3.05, 3.63) is 23.4 Å². The molecular formula is C8H5Cl3N2O. The number of halogens is 3. The first-order valence-corrected chi connectivity index (χ1v) is 4.64. The molecule has 0 fully saturated rings. The Balaban J connectivity index is 3.23. The lowest BCUT2D eigenvalue weighted by molar-refractivity contribution is 0.395. The molecule has 0 saturated heterocycles. The lowest BCUT2D eigenvalue weighted by atomic mass is 10.2. The molecule has 0 unspecified atom stereocenters. The number of alkyl halides is 3. The standard InChI is InChI=1S/C8H5Cl3N2O/c1-14-7-5(4-12)2-3-6(13-7)8(9,10)11/h2-3H,1H3. The van der Waals surface area contributed by atoms with Crippen LogP contribution in [-0.4, -0.2) is 12.1 Å². The Hall–Kier alpha value is -0.690. The molecule has 0 aliphatic rings. The number of aromatic nitrogens is 1. The Kier molecular flexibility index (Phi) is 3.43. The molecule has 0 N–H and O–H groups in total. The van der Waals surface area contributed by atoms with E-state index >= 15 is 0 Å². The highest BCUT2D eigenvalue weighted by Gasteiger charge is 2.25. The van der Waals surface area contributed by atoms with Crippen LogP contribution in [-0.2, 0) is 3.79 Å². The third-order valence-corrected chi connectivity index (χ3v) is 2.05. The van der Waals surface area contributed by atoms with E-state index in [9.17, 15) is 0 Å². The summed E-state index contributed by atoms with van der Waals surface area (Å²) >= 11 is 16.8. The number of hydrogen-bond acceptors (Lipinski definition) is 3. The molecule has 74 valence electrons. The van der Waals surface area contributed by atoms with Gasteiger partial charge in [0, 0.05) is 0 Å². The molecule has 0 saturated carbocycles. The van der Waals surface area contributed by atoms with Crippen molar-refractivity contribution in [2.75, 3.05) is 7.11 Å². The molecule has 6 heteroatoms. The molecule has 1 rings (SSSR count). The zero-order valence-electron chi connectivity index (χ0n) is 7.09.